The van der Waals surface area contributed by atoms with Crippen molar-refractivity contribution < 1.29 is 0 Å². The number of hydrogen-bond donors (Lipinski definition) is 1. The van der Waals surface area contributed by atoms with E-state index in [0.717, 1.165) is 19.4 Å². The number of benzene rings is 2. The zero-order valence-electron chi connectivity index (χ0n) is 12.7. The predicted octanol–water partition coefficient (Wildman–Crippen LogP) is 4.83. The maximum Gasteiger partial charge on any atom is 0.0340 e. The van der Waals surface area contributed by atoms with Gasteiger partial charge in [-0.15, -0.1) is 0 Å². The number of anilines is 1. The molecule has 105 valence electrons. The van der Waals surface area contributed by atoms with Crippen LogP contribution in [0.25, 0.3) is 0 Å². The Balaban J connectivity index is 1.77. The molecule has 0 saturated heterocycles. The van der Waals surface area contributed by atoms with E-state index >= 15 is 0 Å². The van der Waals surface area contributed by atoms with Crippen molar-refractivity contribution in [3.8, 4) is 0 Å². The van der Waals surface area contributed by atoms with Crippen LogP contribution < -0.4 is 5.32 Å². The summed E-state index contributed by atoms with van der Waals surface area (Å²) in [7, 11) is 0. The van der Waals surface area contributed by atoms with Crippen LogP contribution in [0.4, 0.5) is 5.69 Å². The smallest absolute Gasteiger partial charge is 0.0340 e. The lowest BCUT2D eigenvalue weighted by Crippen LogP contribution is -2.10. The molecule has 2 rings (SSSR count). The monoisotopic (exact) mass is 266 g/mol. The van der Waals surface area contributed by atoms with Crippen LogP contribution in [-0.2, 0) is 11.8 Å². The summed E-state index contributed by atoms with van der Waals surface area (Å²) in [5.41, 5.74) is 4.23. The van der Waals surface area contributed by atoms with E-state index in [1.807, 2.05) is 12.1 Å². The van der Waals surface area contributed by atoms with Crippen molar-refractivity contribution in [2.24, 2.45) is 0 Å². The van der Waals surface area contributed by atoms with Crippen molar-refractivity contribution in [3.63, 3.8) is 0 Å². The lowest BCUT2D eigenvalue weighted by Gasteiger charge is -2.19. The molecule has 0 unspecified atom stereocenters. The molecule has 1 N–H and O–H groups in total. The summed E-state index contributed by atoms with van der Waals surface area (Å²) in [6.07, 6.45) is 2.27. The minimum Gasteiger partial charge on any atom is -0.385 e. The van der Waals surface area contributed by atoms with Crippen LogP contribution in [0, 0.1) is 6.07 Å². The molecule has 0 amide bonds. The second-order valence-corrected chi connectivity index (χ2v) is 6.27. The summed E-state index contributed by atoms with van der Waals surface area (Å²) >= 11 is 0. The fourth-order valence-corrected chi connectivity index (χ4v) is 2.20. The van der Waals surface area contributed by atoms with E-state index in [9.17, 15) is 0 Å². The molecule has 0 spiro atoms. The van der Waals surface area contributed by atoms with Gasteiger partial charge in [-0.25, -0.2) is 0 Å². The Morgan fingerprint density at radius 1 is 0.950 bits per heavy atom. The summed E-state index contributed by atoms with van der Waals surface area (Å²) in [5.74, 6) is 0. The summed E-state index contributed by atoms with van der Waals surface area (Å²) < 4.78 is 0. The van der Waals surface area contributed by atoms with E-state index in [1.165, 1.54) is 16.8 Å². The Kier molecular flexibility index (Phi) is 4.84. The molecule has 0 heterocycles. The third kappa shape index (κ3) is 4.41. The third-order valence-corrected chi connectivity index (χ3v) is 3.51. The van der Waals surface area contributed by atoms with Crippen molar-refractivity contribution in [2.75, 3.05) is 11.9 Å². The molecule has 2 aromatic carbocycles. The van der Waals surface area contributed by atoms with Gasteiger partial charge in [0, 0.05) is 12.2 Å². The van der Waals surface area contributed by atoms with Gasteiger partial charge in [0.1, 0.15) is 0 Å². The van der Waals surface area contributed by atoms with Gasteiger partial charge in [-0.1, -0.05) is 57.2 Å². The standard InChI is InChI=1S/C19H24N/c1-19(2,3)17-13-11-16(12-14-17)8-7-15-20-18-9-5-4-6-10-18/h5-6,9-14,20H,7-8,15H2,1-3H3. The molecule has 1 heteroatoms. The number of nitrogens with one attached hydrogen (secondary N) is 1. The topological polar surface area (TPSA) is 12.0 Å². The van der Waals surface area contributed by atoms with Crippen molar-refractivity contribution in [1.82, 2.24) is 0 Å². The lowest BCUT2D eigenvalue weighted by atomic mass is 9.86. The number of aryl methyl sites for hydroxylation is 1. The average molecular weight is 266 g/mol. The van der Waals surface area contributed by atoms with Crippen molar-refractivity contribution in [2.45, 2.75) is 39.0 Å². The van der Waals surface area contributed by atoms with E-state index in [2.05, 4.69) is 68.6 Å². The maximum atomic E-state index is 3.43. The number of hydrogen-bond acceptors (Lipinski definition) is 1. The van der Waals surface area contributed by atoms with Gasteiger partial charge in [-0.2, -0.15) is 0 Å². The van der Waals surface area contributed by atoms with Crippen LogP contribution in [0.1, 0.15) is 38.3 Å². The first-order chi connectivity index (χ1) is 9.55. The quantitative estimate of drug-likeness (QED) is 0.764. The second kappa shape index (κ2) is 6.60. The third-order valence-electron chi connectivity index (χ3n) is 3.51. The SMILES string of the molecule is CC(C)(C)c1ccc(CCCNc2cc[c]cc2)cc1. The molecule has 0 atom stereocenters. The number of rotatable bonds is 5. The van der Waals surface area contributed by atoms with E-state index in [1.54, 1.807) is 0 Å². The zero-order valence-corrected chi connectivity index (χ0v) is 12.7. The van der Waals surface area contributed by atoms with Crippen molar-refractivity contribution >= 4 is 5.69 Å². The Morgan fingerprint density at radius 3 is 2.20 bits per heavy atom. The van der Waals surface area contributed by atoms with Gasteiger partial charge in [-0.05, 0) is 47.6 Å². The van der Waals surface area contributed by atoms with Crippen molar-refractivity contribution in [1.29, 1.82) is 0 Å². The highest BCUT2D eigenvalue weighted by molar-refractivity contribution is 5.42. The molecule has 0 aliphatic rings. The van der Waals surface area contributed by atoms with E-state index < -0.39 is 0 Å². The first kappa shape index (κ1) is 14.6. The average Bonchev–Trinajstić information content (AvgIpc) is 2.44. The molecular weight excluding hydrogens is 242 g/mol. The van der Waals surface area contributed by atoms with Gasteiger partial charge in [0.2, 0.25) is 0 Å². The molecule has 0 aliphatic heterocycles. The highest BCUT2D eigenvalue weighted by Crippen LogP contribution is 2.22. The van der Waals surface area contributed by atoms with Crippen LogP contribution in [0.3, 0.4) is 0 Å². The molecule has 1 radical (unpaired) electrons. The van der Waals surface area contributed by atoms with Crippen LogP contribution in [0.2, 0.25) is 0 Å². The van der Waals surface area contributed by atoms with Gasteiger partial charge in [-0.3, -0.25) is 0 Å². The van der Waals surface area contributed by atoms with E-state index in [-0.39, 0.29) is 5.41 Å². The van der Waals surface area contributed by atoms with Crippen molar-refractivity contribution in [3.05, 3.63) is 65.7 Å². The fraction of sp³-hybridized carbons (Fsp3) is 0.368. The van der Waals surface area contributed by atoms with Gasteiger partial charge in [0.05, 0.1) is 0 Å². The fourth-order valence-electron chi connectivity index (χ4n) is 2.20. The van der Waals surface area contributed by atoms with E-state index in [0.29, 0.717) is 0 Å². The van der Waals surface area contributed by atoms with Crippen LogP contribution in [0.15, 0.2) is 48.5 Å². The Bertz CT molecular complexity index is 506. The highest BCUT2D eigenvalue weighted by Gasteiger charge is 2.12. The molecule has 0 saturated carbocycles. The highest BCUT2D eigenvalue weighted by atomic mass is 14.9. The molecular formula is C19H24N. The molecule has 0 bridgehead atoms. The first-order valence-corrected chi connectivity index (χ1v) is 7.35. The predicted molar refractivity (Wildman–Crippen MR) is 87.2 cm³/mol. The molecule has 0 aliphatic carbocycles. The summed E-state index contributed by atoms with van der Waals surface area (Å²) in [6, 6.07) is 20.1. The minimum atomic E-state index is 0.240. The van der Waals surface area contributed by atoms with E-state index in [4.69, 9.17) is 0 Å². The summed E-state index contributed by atoms with van der Waals surface area (Å²) in [4.78, 5) is 0. The van der Waals surface area contributed by atoms with Crippen LogP contribution in [-0.4, -0.2) is 6.54 Å². The van der Waals surface area contributed by atoms with Crippen LogP contribution in [0.5, 0.6) is 0 Å². The zero-order chi connectivity index (χ0) is 14.4. The molecule has 0 aromatic heterocycles. The minimum absolute atomic E-state index is 0.240. The molecule has 2 aromatic rings. The summed E-state index contributed by atoms with van der Waals surface area (Å²) in [6.45, 7) is 7.76. The van der Waals surface area contributed by atoms with Gasteiger partial charge in [0.15, 0.2) is 0 Å². The Hall–Kier alpha value is -1.76. The first-order valence-electron chi connectivity index (χ1n) is 7.35. The largest absolute Gasteiger partial charge is 0.385 e. The molecule has 1 nitrogen and oxygen atoms in total. The van der Waals surface area contributed by atoms with Gasteiger partial charge >= 0.3 is 0 Å². The molecule has 20 heavy (non-hydrogen) atoms. The Morgan fingerprint density at radius 2 is 1.60 bits per heavy atom. The Labute approximate surface area is 123 Å². The molecule has 0 fully saturated rings. The van der Waals surface area contributed by atoms with Gasteiger partial charge in [0.25, 0.3) is 0 Å². The van der Waals surface area contributed by atoms with Gasteiger partial charge < -0.3 is 5.32 Å². The second-order valence-electron chi connectivity index (χ2n) is 6.27. The normalized spacial score (nSPS) is 11.3. The maximum absolute atomic E-state index is 3.43. The lowest BCUT2D eigenvalue weighted by molar-refractivity contribution is 0.590. The van der Waals surface area contributed by atoms with Crippen LogP contribution >= 0.6 is 0 Å². The summed E-state index contributed by atoms with van der Waals surface area (Å²) in [5, 5.41) is 3.43.